The highest BCUT2D eigenvalue weighted by Gasteiger charge is 2.29. The molecule has 1 N–H and O–H groups in total. The van der Waals surface area contributed by atoms with Crippen LogP contribution < -0.4 is 15.0 Å². The highest BCUT2D eigenvalue weighted by molar-refractivity contribution is 5.89. The Labute approximate surface area is 200 Å². The van der Waals surface area contributed by atoms with Gasteiger partial charge >= 0.3 is 6.03 Å². The Bertz CT molecular complexity index is 1140. The van der Waals surface area contributed by atoms with Gasteiger partial charge in [-0.05, 0) is 31.3 Å². The highest BCUT2D eigenvalue weighted by Crippen LogP contribution is 2.30. The monoisotopic (exact) mass is 458 g/mol. The first kappa shape index (κ1) is 22.2. The number of carbonyl (C=O) groups excluding carboxylic acids is 1. The van der Waals surface area contributed by atoms with Gasteiger partial charge in [0.15, 0.2) is 5.82 Å². The molecule has 0 bridgehead atoms. The Morgan fingerprint density at radius 2 is 1.68 bits per heavy atom. The van der Waals surface area contributed by atoms with Crippen molar-refractivity contribution < 1.29 is 9.53 Å². The number of hydrogen-bond donors (Lipinski definition) is 1. The summed E-state index contributed by atoms with van der Waals surface area (Å²) in [6.07, 6.45) is 0.703. The first-order valence-corrected chi connectivity index (χ1v) is 11.7. The Morgan fingerprint density at radius 1 is 0.941 bits per heavy atom. The average Bonchev–Trinajstić information content (AvgIpc) is 2.89. The van der Waals surface area contributed by atoms with E-state index in [1.807, 2.05) is 59.5 Å². The Morgan fingerprint density at radius 3 is 2.38 bits per heavy atom. The third kappa shape index (κ3) is 4.68. The maximum atomic E-state index is 13.1. The van der Waals surface area contributed by atoms with Crippen molar-refractivity contribution in [2.45, 2.75) is 13.0 Å². The van der Waals surface area contributed by atoms with Crippen molar-refractivity contribution in [3.63, 3.8) is 0 Å². The molecule has 2 aromatic carbocycles. The molecule has 1 fully saturated rings. The number of ether oxygens (including phenoxy) is 1. The fraction of sp³-hybridized carbons (Fsp3) is 0.346. The van der Waals surface area contributed by atoms with Crippen molar-refractivity contribution in [3.8, 4) is 17.1 Å². The van der Waals surface area contributed by atoms with Gasteiger partial charge in [0.2, 0.25) is 0 Å². The SMILES string of the molecule is COc1ccc(NC(=O)N2CCc3nc(-c4ccccc4)nc(N4CCN(C)CC4)c3C2)cc1. The van der Waals surface area contributed by atoms with Gasteiger partial charge < -0.3 is 24.8 Å². The molecule has 0 saturated carbocycles. The molecule has 3 aromatic rings. The highest BCUT2D eigenvalue weighted by atomic mass is 16.5. The van der Waals surface area contributed by atoms with E-state index in [-0.39, 0.29) is 6.03 Å². The molecule has 0 aliphatic carbocycles. The number of benzene rings is 2. The van der Waals surface area contributed by atoms with Gasteiger partial charge in [0.05, 0.1) is 19.3 Å². The maximum absolute atomic E-state index is 13.1. The summed E-state index contributed by atoms with van der Waals surface area (Å²) in [4.78, 5) is 29.5. The zero-order valence-corrected chi connectivity index (χ0v) is 19.7. The van der Waals surface area contributed by atoms with E-state index in [4.69, 9.17) is 14.7 Å². The van der Waals surface area contributed by atoms with Crippen molar-refractivity contribution in [2.24, 2.45) is 0 Å². The molecule has 2 aliphatic rings. The van der Waals surface area contributed by atoms with Gasteiger partial charge in [-0.15, -0.1) is 0 Å². The number of nitrogens with one attached hydrogen (secondary N) is 1. The van der Waals surface area contributed by atoms with Crippen LogP contribution in [0.25, 0.3) is 11.4 Å². The van der Waals surface area contributed by atoms with Gasteiger partial charge in [-0.3, -0.25) is 0 Å². The van der Waals surface area contributed by atoms with Gasteiger partial charge in [-0.2, -0.15) is 0 Å². The quantitative estimate of drug-likeness (QED) is 0.645. The third-order valence-electron chi connectivity index (χ3n) is 6.50. The summed E-state index contributed by atoms with van der Waals surface area (Å²) in [5, 5.41) is 3.01. The number of urea groups is 1. The number of anilines is 2. The lowest BCUT2D eigenvalue weighted by atomic mass is 10.0. The molecule has 1 aromatic heterocycles. The van der Waals surface area contributed by atoms with Crippen LogP contribution in [0.5, 0.6) is 5.75 Å². The first-order valence-electron chi connectivity index (χ1n) is 11.7. The summed E-state index contributed by atoms with van der Waals surface area (Å²) in [5.74, 6) is 2.47. The van der Waals surface area contributed by atoms with Crippen LogP contribution in [0.2, 0.25) is 0 Å². The number of rotatable bonds is 4. The van der Waals surface area contributed by atoms with E-state index in [1.54, 1.807) is 7.11 Å². The molecule has 3 heterocycles. The summed E-state index contributed by atoms with van der Waals surface area (Å²) >= 11 is 0. The Kier molecular flexibility index (Phi) is 6.31. The Hall–Kier alpha value is -3.65. The number of carbonyl (C=O) groups is 1. The zero-order valence-electron chi connectivity index (χ0n) is 19.7. The number of piperazine rings is 1. The minimum Gasteiger partial charge on any atom is -0.497 e. The lowest BCUT2D eigenvalue weighted by molar-refractivity contribution is 0.206. The number of amides is 2. The number of fused-ring (bicyclic) bond motifs is 1. The molecule has 0 radical (unpaired) electrons. The standard InChI is InChI=1S/C26H30N6O2/c1-30-14-16-31(17-15-30)25-22-18-32(26(33)27-20-8-10-21(34-2)11-9-20)13-12-23(22)28-24(29-25)19-6-4-3-5-7-19/h3-11H,12-18H2,1-2H3,(H,27,33). The van der Waals surface area contributed by atoms with Crippen molar-refractivity contribution in [3.05, 3.63) is 65.9 Å². The van der Waals surface area contributed by atoms with Crippen LogP contribution in [0.3, 0.4) is 0 Å². The van der Waals surface area contributed by atoms with E-state index in [1.165, 1.54) is 0 Å². The molecular weight excluding hydrogens is 428 g/mol. The summed E-state index contributed by atoms with van der Waals surface area (Å²) in [5.41, 5.74) is 3.85. The predicted octanol–water partition coefficient (Wildman–Crippen LogP) is 3.49. The minimum absolute atomic E-state index is 0.118. The first-order chi connectivity index (χ1) is 16.6. The molecule has 5 rings (SSSR count). The second-order valence-electron chi connectivity index (χ2n) is 8.78. The van der Waals surface area contributed by atoms with Crippen LogP contribution in [0.1, 0.15) is 11.3 Å². The molecule has 8 nitrogen and oxygen atoms in total. The Balaban J connectivity index is 1.42. The van der Waals surface area contributed by atoms with Crippen LogP contribution in [-0.2, 0) is 13.0 Å². The molecule has 2 aliphatic heterocycles. The predicted molar refractivity (Wildman–Crippen MR) is 133 cm³/mol. The molecule has 0 atom stereocenters. The topological polar surface area (TPSA) is 73.8 Å². The molecule has 0 spiro atoms. The number of aromatic nitrogens is 2. The molecule has 2 amide bonds. The second kappa shape index (κ2) is 9.69. The normalized spacial score (nSPS) is 16.2. The molecule has 176 valence electrons. The lowest BCUT2D eigenvalue weighted by Crippen LogP contribution is -2.46. The van der Waals surface area contributed by atoms with E-state index < -0.39 is 0 Å². The fourth-order valence-corrected chi connectivity index (χ4v) is 4.44. The van der Waals surface area contributed by atoms with Crippen LogP contribution in [-0.4, -0.2) is 72.7 Å². The van der Waals surface area contributed by atoms with Gasteiger partial charge in [0.1, 0.15) is 11.6 Å². The van der Waals surface area contributed by atoms with E-state index in [2.05, 4.69) is 22.2 Å². The smallest absolute Gasteiger partial charge is 0.322 e. The number of hydrogen-bond acceptors (Lipinski definition) is 6. The van der Waals surface area contributed by atoms with Crippen LogP contribution in [0.4, 0.5) is 16.3 Å². The number of methoxy groups -OCH3 is 1. The van der Waals surface area contributed by atoms with Crippen molar-refractivity contribution in [1.82, 2.24) is 19.8 Å². The summed E-state index contributed by atoms with van der Waals surface area (Å²) in [6, 6.07) is 17.4. The van der Waals surface area contributed by atoms with Gasteiger partial charge in [0.25, 0.3) is 0 Å². The number of nitrogens with zero attached hydrogens (tertiary/aromatic N) is 5. The van der Waals surface area contributed by atoms with Crippen LogP contribution >= 0.6 is 0 Å². The fourth-order valence-electron chi connectivity index (χ4n) is 4.44. The zero-order chi connectivity index (χ0) is 23.5. The van der Waals surface area contributed by atoms with E-state index in [0.717, 1.165) is 66.1 Å². The van der Waals surface area contributed by atoms with E-state index >= 15 is 0 Å². The summed E-state index contributed by atoms with van der Waals surface area (Å²) in [6.45, 7) is 4.90. The van der Waals surface area contributed by atoms with E-state index in [9.17, 15) is 4.79 Å². The summed E-state index contributed by atoms with van der Waals surface area (Å²) < 4.78 is 5.20. The average molecular weight is 459 g/mol. The number of likely N-dealkylation sites (N-methyl/N-ethyl adjacent to an activating group) is 1. The molecule has 1 saturated heterocycles. The third-order valence-corrected chi connectivity index (χ3v) is 6.50. The van der Waals surface area contributed by atoms with Crippen molar-refractivity contribution in [1.29, 1.82) is 0 Å². The molecule has 8 heteroatoms. The van der Waals surface area contributed by atoms with Gasteiger partial charge in [-0.25, -0.2) is 14.8 Å². The lowest BCUT2D eigenvalue weighted by Gasteiger charge is -2.37. The van der Waals surface area contributed by atoms with Crippen molar-refractivity contribution >= 4 is 17.5 Å². The van der Waals surface area contributed by atoms with Crippen LogP contribution in [0.15, 0.2) is 54.6 Å². The molecule has 0 unspecified atom stereocenters. The molecular formula is C26H30N6O2. The maximum Gasteiger partial charge on any atom is 0.322 e. The van der Waals surface area contributed by atoms with E-state index in [0.29, 0.717) is 19.5 Å². The molecule has 34 heavy (non-hydrogen) atoms. The second-order valence-corrected chi connectivity index (χ2v) is 8.78. The van der Waals surface area contributed by atoms with Gasteiger partial charge in [-0.1, -0.05) is 30.3 Å². The van der Waals surface area contributed by atoms with Crippen LogP contribution in [0, 0.1) is 0 Å². The minimum atomic E-state index is -0.118. The van der Waals surface area contributed by atoms with Crippen molar-refractivity contribution in [2.75, 3.05) is 57.1 Å². The largest absolute Gasteiger partial charge is 0.497 e. The summed E-state index contributed by atoms with van der Waals surface area (Å²) in [7, 11) is 3.77. The van der Waals surface area contributed by atoms with Gasteiger partial charge in [0, 0.05) is 56.0 Å².